The van der Waals surface area contributed by atoms with Crippen LogP contribution in [0.25, 0.3) is 0 Å². The first-order valence-corrected chi connectivity index (χ1v) is 8.38. The van der Waals surface area contributed by atoms with E-state index in [1.807, 2.05) is 26.2 Å². The van der Waals surface area contributed by atoms with Crippen LogP contribution >= 0.6 is 24.0 Å². The number of halogens is 4. The molecule has 9 heteroatoms. The van der Waals surface area contributed by atoms with Crippen molar-refractivity contribution in [2.24, 2.45) is 4.99 Å². The van der Waals surface area contributed by atoms with Crippen LogP contribution in [0.5, 0.6) is 0 Å². The highest BCUT2D eigenvalue weighted by Crippen LogP contribution is 2.15. The summed E-state index contributed by atoms with van der Waals surface area (Å²) >= 11 is 0. The van der Waals surface area contributed by atoms with E-state index < -0.39 is 12.8 Å². The predicted octanol–water partition coefficient (Wildman–Crippen LogP) is 3.39. The fraction of sp³-hybridized carbons (Fsp3) is 0.611. The van der Waals surface area contributed by atoms with Crippen LogP contribution in [-0.4, -0.2) is 56.9 Å². The number of rotatable bonds is 8. The third kappa shape index (κ3) is 10.7. The Balaban J connectivity index is 0.00000676. The minimum absolute atomic E-state index is 0. The van der Waals surface area contributed by atoms with Crippen molar-refractivity contribution >= 4 is 29.9 Å². The molecule has 0 fully saturated rings. The van der Waals surface area contributed by atoms with Crippen LogP contribution < -0.4 is 10.6 Å². The van der Waals surface area contributed by atoms with Crippen LogP contribution in [0.2, 0.25) is 0 Å². The zero-order valence-corrected chi connectivity index (χ0v) is 18.8. The van der Waals surface area contributed by atoms with E-state index in [1.165, 1.54) is 0 Å². The highest BCUT2D eigenvalue weighted by atomic mass is 127. The Morgan fingerprint density at radius 3 is 2.11 bits per heavy atom. The number of aliphatic imine (C=N–C) groups is 1. The summed E-state index contributed by atoms with van der Waals surface area (Å²) in [6, 6.07) is 7.24. The van der Waals surface area contributed by atoms with Crippen molar-refractivity contribution in [1.29, 1.82) is 0 Å². The summed E-state index contributed by atoms with van der Waals surface area (Å²) in [5.74, 6) is 0.692. The van der Waals surface area contributed by atoms with Crippen molar-refractivity contribution in [2.75, 3.05) is 34.3 Å². The van der Waals surface area contributed by atoms with E-state index in [-0.39, 0.29) is 36.1 Å². The molecule has 1 aromatic carbocycles. The summed E-state index contributed by atoms with van der Waals surface area (Å²) in [6.07, 6.45) is -4.30. The van der Waals surface area contributed by atoms with E-state index >= 15 is 0 Å². The van der Waals surface area contributed by atoms with Gasteiger partial charge in [-0.3, -0.25) is 4.99 Å². The van der Waals surface area contributed by atoms with Gasteiger partial charge in [-0.2, -0.15) is 13.2 Å². The van der Waals surface area contributed by atoms with Gasteiger partial charge in [0.2, 0.25) is 0 Å². The molecule has 0 spiro atoms. The van der Waals surface area contributed by atoms with E-state index in [1.54, 1.807) is 19.2 Å². The molecule has 0 aromatic heterocycles. The van der Waals surface area contributed by atoms with Crippen molar-refractivity contribution < 1.29 is 17.9 Å². The van der Waals surface area contributed by atoms with Crippen LogP contribution in [0.4, 0.5) is 13.2 Å². The second-order valence-corrected chi connectivity index (χ2v) is 6.91. The van der Waals surface area contributed by atoms with Gasteiger partial charge in [0.05, 0.1) is 6.61 Å². The van der Waals surface area contributed by atoms with Crippen molar-refractivity contribution in [1.82, 2.24) is 15.5 Å². The molecular formula is C18H30F3IN4O. The maximum absolute atomic E-state index is 12.1. The molecule has 0 radical (unpaired) electrons. The minimum Gasteiger partial charge on any atom is -0.367 e. The SMILES string of the molecule is CN=C(NCc1ccc(COCC(F)(F)F)cc1)NCC(C)(C)N(C)C.I. The summed E-state index contributed by atoms with van der Waals surface area (Å²) < 4.78 is 40.8. The lowest BCUT2D eigenvalue weighted by Crippen LogP contribution is -2.50. The predicted molar refractivity (Wildman–Crippen MR) is 114 cm³/mol. The summed E-state index contributed by atoms with van der Waals surface area (Å²) in [6.45, 7) is 4.26. The molecule has 0 aliphatic heterocycles. The first-order chi connectivity index (χ1) is 12.0. The van der Waals surface area contributed by atoms with Crippen molar-refractivity contribution in [2.45, 2.75) is 38.7 Å². The Bertz CT molecular complexity index is 575. The molecule has 0 aliphatic carbocycles. The fourth-order valence-corrected chi connectivity index (χ4v) is 1.90. The third-order valence-corrected chi connectivity index (χ3v) is 4.14. The van der Waals surface area contributed by atoms with Gasteiger partial charge in [-0.1, -0.05) is 24.3 Å². The van der Waals surface area contributed by atoms with Gasteiger partial charge in [0.25, 0.3) is 0 Å². The summed E-state index contributed by atoms with van der Waals surface area (Å²) in [4.78, 5) is 6.33. The lowest BCUT2D eigenvalue weighted by molar-refractivity contribution is -0.176. The normalized spacial score (nSPS) is 12.7. The fourth-order valence-electron chi connectivity index (χ4n) is 1.90. The molecule has 1 aromatic rings. The maximum atomic E-state index is 12.1. The molecule has 0 heterocycles. The summed E-state index contributed by atoms with van der Waals surface area (Å²) in [5, 5.41) is 6.51. The molecule has 156 valence electrons. The van der Waals surface area contributed by atoms with Crippen LogP contribution in [0, 0.1) is 0 Å². The Morgan fingerprint density at radius 1 is 1.07 bits per heavy atom. The molecule has 2 N–H and O–H groups in total. The Hall–Kier alpha value is -1.07. The average molecular weight is 502 g/mol. The molecule has 5 nitrogen and oxygen atoms in total. The van der Waals surface area contributed by atoms with Gasteiger partial charge in [0.15, 0.2) is 5.96 Å². The number of hydrogen-bond acceptors (Lipinski definition) is 3. The van der Waals surface area contributed by atoms with Crippen LogP contribution in [0.3, 0.4) is 0 Å². The van der Waals surface area contributed by atoms with Gasteiger partial charge in [0, 0.05) is 25.7 Å². The van der Waals surface area contributed by atoms with Crippen molar-refractivity contribution in [3.05, 3.63) is 35.4 Å². The van der Waals surface area contributed by atoms with Crippen LogP contribution in [0.1, 0.15) is 25.0 Å². The third-order valence-electron chi connectivity index (χ3n) is 4.14. The first kappa shape index (κ1) is 25.9. The minimum atomic E-state index is -4.30. The largest absolute Gasteiger partial charge is 0.411 e. The number of nitrogens with one attached hydrogen (secondary N) is 2. The van der Waals surface area contributed by atoms with Gasteiger partial charge in [-0.25, -0.2) is 0 Å². The van der Waals surface area contributed by atoms with Gasteiger partial charge >= 0.3 is 6.18 Å². The molecule has 0 saturated carbocycles. The van der Waals surface area contributed by atoms with Crippen LogP contribution in [0.15, 0.2) is 29.3 Å². The van der Waals surface area contributed by atoms with Crippen LogP contribution in [-0.2, 0) is 17.9 Å². The average Bonchev–Trinajstić information content (AvgIpc) is 2.55. The molecule has 1 rings (SSSR count). The number of benzene rings is 1. The maximum Gasteiger partial charge on any atom is 0.411 e. The Morgan fingerprint density at radius 2 is 1.63 bits per heavy atom. The van der Waals surface area contributed by atoms with Gasteiger partial charge in [0.1, 0.15) is 6.61 Å². The second-order valence-electron chi connectivity index (χ2n) is 6.91. The van der Waals surface area contributed by atoms with Crippen molar-refractivity contribution in [3.8, 4) is 0 Å². The van der Waals surface area contributed by atoms with E-state index in [9.17, 15) is 13.2 Å². The van der Waals surface area contributed by atoms with E-state index in [4.69, 9.17) is 0 Å². The molecule has 0 saturated heterocycles. The monoisotopic (exact) mass is 502 g/mol. The molecular weight excluding hydrogens is 472 g/mol. The topological polar surface area (TPSA) is 48.9 Å². The van der Waals surface area contributed by atoms with E-state index in [0.717, 1.165) is 12.1 Å². The molecule has 27 heavy (non-hydrogen) atoms. The highest BCUT2D eigenvalue weighted by Gasteiger charge is 2.27. The second kappa shape index (κ2) is 11.7. The first-order valence-electron chi connectivity index (χ1n) is 8.38. The number of alkyl halides is 3. The van der Waals surface area contributed by atoms with E-state index in [0.29, 0.717) is 18.1 Å². The van der Waals surface area contributed by atoms with Gasteiger partial charge in [-0.15, -0.1) is 24.0 Å². The number of hydrogen-bond donors (Lipinski definition) is 2. The van der Waals surface area contributed by atoms with E-state index in [2.05, 4.69) is 39.1 Å². The zero-order valence-electron chi connectivity index (χ0n) is 16.5. The Kier molecular flexibility index (Phi) is 11.2. The quantitative estimate of drug-likeness (QED) is 0.325. The molecule has 0 atom stereocenters. The standard InChI is InChI=1S/C18H29F3N4O.HI/c1-17(2,25(4)5)12-24-16(22-3)23-10-14-6-8-15(9-7-14)11-26-13-18(19,20)21;/h6-9H,10-13H2,1-5H3,(H2,22,23,24);1H. The molecule has 0 unspecified atom stereocenters. The zero-order chi connectivity index (χ0) is 19.8. The number of ether oxygens (including phenoxy) is 1. The smallest absolute Gasteiger partial charge is 0.367 e. The lowest BCUT2D eigenvalue weighted by Gasteiger charge is -2.33. The highest BCUT2D eigenvalue weighted by molar-refractivity contribution is 14.0. The van der Waals surface area contributed by atoms with Gasteiger partial charge in [-0.05, 0) is 39.1 Å². The van der Waals surface area contributed by atoms with Crippen molar-refractivity contribution in [3.63, 3.8) is 0 Å². The Labute approximate surface area is 176 Å². The summed E-state index contributed by atoms with van der Waals surface area (Å²) in [5.41, 5.74) is 1.68. The number of nitrogens with zero attached hydrogens (tertiary/aromatic N) is 2. The van der Waals surface area contributed by atoms with Gasteiger partial charge < -0.3 is 20.3 Å². The molecule has 0 aliphatic rings. The number of likely N-dealkylation sites (N-methyl/N-ethyl adjacent to an activating group) is 1. The number of guanidine groups is 1. The lowest BCUT2D eigenvalue weighted by atomic mass is 10.0. The molecule has 0 amide bonds. The molecule has 0 bridgehead atoms. The summed E-state index contributed by atoms with van der Waals surface area (Å²) in [7, 11) is 5.76.